The number of aromatic amines is 1. The molecule has 0 spiro atoms. The van der Waals surface area contributed by atoms with Crippen LogP contribution in [0.2, 0.25) is 0 Å². The number of aliphatic carboxylic acids is 1. The van der Waals surface area contributed by atoms with Crippen molar-refractivity contribution in [1.82, 2.24) is 20.6 Å². The van der Waals surface area contributed by atoms with E-state index in [4.69, 9.17) is 5.11 Å². The summed E-state index contributed by atoms with van der Waals surface area (Å²) in [4.78, 5) is 52.8. The molecule has 2 amide bonds. The molecule has 1 aromatic carbocycles. The van der Waals surface area contributed by atoms with Gasteiger partial charge in [0.2, 0.25) is 5.91 Å². The summed E-state index contributed by atoms with van der Waals surface area (Å²) in [5.74, 6) is -1.75. The lowest BCUT2D eigenvalue weighted by Crippen LogP contribution is -2.49. The van der Waals surface area contributed by atoms with Crippen molar-refractivity contribution in [2.45, 2.75) is 38.3 Å². The van der Waals surface area contributed by atoms with Crippen LogP contribution >= 0.6 is 0 Å². The molecule has 2 atom stereocenters. The van der Waals surface area contributed by atoms with Crippen LogP contribution in [0.1, 0.15) is 35.2 Å². The minimum atomic E-state index is -1.21. The van der Waals surface area contributed by atoms with Gasteiger partial charge in [-0.25, -0.2) is 4.98 Å². The van der Waals surface area contributed by atoms with Gasteiger partial charge in [0.25, 0.3) is 5.91 Å². The standard InChI is InChI=1S/C19H22N4O5/c1-12(18(27)22-14(11-24)9-17(25)26)21-19(28)15-10-20-16(23-15)8-7-13-5-3-2-4-6-13/h2-6,10-12,14H,7-9H2,1H3,(H,20,23)(H,21,28)(H,22,27)(H,25,26)/t12-,14?/m0/s1. The van der Waals surface area contributed by atoms with Crippen LogP contribution in [0.5, 0.6) is 0 Å². The molecule has 1 heterocycles. The van der Waals surface area contributed by atoms with Gasteiger partial charge < -0.3 is 25.5 Å². The molecular formula is C19H22N4O5. The van der Waals surface area contributed by atoms with Crippen LogP contribution in [0, 0.1) is 0 Å². The predicted octanol–water partition coefficient (Wildman–Crippen LogP) is 0.472. The number of nitrogens with one attached hydrogen (secondary N) is 3. The number of H-pyrrole nitrogens is 1. The van der Waals surface area contributed by atoms with Crippen LogP contribution in [-0.4, -0.2) is 51.2 Å². The number of imidazole rings is 1. The van der Waals surface area contributed by atoms with Crippen molar-refractivity contribution in [3.05, 3.63) is 53.6 Å². The number of rotatable bonds is 10. The third-order valence-electron chi connectivity index (χ3n) is 3.99. The largest absolute Gasteiger partial charge is 0.481 e. The molecule has 2 rings (SSSR count). The van der Waals surface area contributed by atoms with E-state index in [0.717, 1.165) is 12.0 Å². The summed E-state index contributed by atoms with van der Waals surface area (Å²) in [6.45, 7) is 1.43. The summed E-state index contributed by atoms with van der Waals surface area (Å²) in [7, 11) is 0. The summed E-state index contributed by atoms with van der Waals surface area (Å²) in [5, 5.41) is 13.4. The van der Waals surface area contributed by atoms with Gasteiger partial charge in [-0.05, 0) is 18.9 Å². The van der Waals surface area contributed by atoms with E-state index in [1.54, 1.807) is 0 Å². The molecule has 0 aliphatic heterocycles. The van der Waals surface area contributed by atoms with Crippen molar-refractivity contribution in [1.29, 1.82) is 0 Å². The van der Waals surface area contributed by atoms with Gasteiger partial charge in [0.15, 0.2) is 0 Å². The highest BCUT2D eigenvalue weighted by molar-refractivity contribution is 5.96. The molecule has 9 heteroatoms. The highest BCUT2D eigenvalue weighted by atomic mass is 16.4. The van der Waals surface area contributed by atoms with Crippen molar-refractivity contribution >= 4 is 24.1 Å². The van der Waals surface area contributed by atoms with E-state index >= 15 is 0 Å². The molecule has 148 valence electrons. The number of amides is 2. The lowest BCUT2D eigenvalue weighted by Gasteiger charge is -2.16. The number of benzene rings is 1. The molecule has 1 aromatic heterocycles. The maximum Gasteiger partial charge on any atom is 0.305 e. The summed E-state index contributed by atoms with van der Waals surface area (Å²) < 4.78 is 0. The average Bonchev–Trinajstić information content (AvgIpc) is 3.15. The Morgan fingerprint density at radius 2 is 1.89 bits per heavy atom. The number of carboxylic acids is 1. The van der Waals surface area contributed by atoms with Gasteiger partial charge in [-0.15, -0.1) is 0 Å². The Morgan fingerprint density at radius 1 is 1.18 bits per heavy atom. The number of nitrogens with zero attached hydrogens (tertiary/aromatic N) is 1. The Balaban J connectivity index is 1.86. The molecule has 9 nitrogen and oxygen atoms in total. The molecule has 0 radical (unpaired) electrons. The monoisotopic (exact) mass is 386 g/mol. The minimum Gasteiger partial charge on any atom is -0.481 e. The number of hydrogen-bond acceptors (Lipinski definition) is 5. The van der Waals surface area contributed by atoms with Crippen LogP contribution in [0.15, 0.2) is 36.5 Å². The Labute approximate surface area is 161 Å². The predicted molar refractivity (Wildman–Crippen MR) is 99.6 cm³/mol. The lowest BCUT2D eigenvalue weighted by atomic mass is 10.1. The molecule has 4 N–H and O–H groups in total. The van der Waals surface area contributed by atoms with Crippen LogP contribution < -0.4 is 10.6 Å². The van der Waals surface area contributed by atoms with Crippen molar-refractivity contribution in [2.24, 2.45) is 0 Å². The van der Waals surface area contributed by atoms with Gasteiger partial charge in [-0.3, -0.25) is 14.4 Å². The van der Waals surface area contributed by atoms with Crippen LogP contribution in [0.25, 0.3) is 0 Å². The normalized spacial score (nSPS) is 12.6. The van der Waals surface area contributed by atoms with Crippen LogP contribution in [0.3, 0.4) is 0 Å². The van der Waals surface area contributed by atoms with E-state index in [1.165, 1.54) is 13.1 Å². The van der Waals surface area contributed by atoms with E-state index in [1.807, 2.05) is 30.3 Å². The van der Waals surface area contributed by atoms with Crippen molar-refractivity contribution in [3.63, 3.8) is 0 Å². The molecule has 0 saturated heterocycles. The maximum atomic E-state index is 12.3. The smallest absolute Gasteiger partial charge is 0.305 e. The van der Waals surface area contributed by atoms with Gasteiger partial charge in [-0.2, -0.15) is 0 Å². The number of carbonyl (C=O) groups excluding carboxylic acids is 3. The molecule has 0 bridgehead atoms. The molecule has 0 fully saturated rings. The molecule has 0 aliphatic carbocycles. The summed E-state index contributed by atoms with van der Waals surface area (Å²) in [6.07, 6.45) is 2.60. The fourth-order valence-corrected chi connectivity index (χ4v) is 2.48. The molecule has 1 unspecified atom stereocenters. The first-order chi connectivity index (χ1) is 13.4. The first kappa shape index (κ1) is 20.8. The van der Waals surface area contributed by atoms with Gasteiger partial charge in [0, 0.05) is 6.42 Å². The zero-order valence-electron chi connectivity index (χ0n) is 15.3. The minimum absolute atomic E-state index is 0.209. The lowest BCUT2D eigenvalue weighted by molar-refractivity contribution is -0.138. The summed E-state index contributed by atoms with van der Waals surface area (Å²) in [6, 6.07) is 7.75. The van der Waals surface area contributed by atoms with E-state index in [0.29, 0.717) is 18.5 Å². The second kappa shape index (κ2) is 10.0. The first-order valence-corrected chi connectivity index (χ1v) is 8.75. The Morgan fingerprint density at radius 3 is 2.54 bits per heavy atom. The van der Waals surface area contributed by atoms with E-state index in [9.17, 15) is 19.2 Å². The third kappa shape index (κ3) is 6.35. The highest BCUT2D eigenvalue weighted by Crippen LogP contribution is 2.05. The van der Waals surface area contributed by atoms with Crippen LogP contribution in [0.4, 0.5) is 0 Å². The van der Waals surface area contributed by atoms with Crippen molar-refractivity contribution in [3.8, 4) is 0 Å². The molecule has 0 saturated carbocycles. The Kier molecular flexibility index (Phi) is 7.44. The molecular weight excluding hydrogens is 364 g/mol. The number of carbonyl (C=O) groups is 4. The van der Waals surface area contributed by atoms with E-state index < -0.39 is 36.3 Å². The highest BCUT2D eigenvalue weighted by Gasteiger charge is 2.21. The second-order valence-electron chi connectivity index (χ2n) is 6.27. The van der Waals surface area contributed by atoms with E-state index in [2.05, 4.69) is 20.6 Å². The van der Waals surface area contributed by atoms with Crippen LogP contribution in [-0.2, 0) is 27.2 Å². The zero-order valence-corrected chi connectivity index (χ0v) is 15.3. The Hall–Kier alpha value is -3.49. The van der Waals surface area contributed by atoms with Gasteiger partial charge in [0.05, 0.1) is 18.7 Å². The van der Waals surface area contributed by atoms with Crippen molar-refractivity contribution < 1.29 is 24.3 Å². The molecule has 2 aromatic rings. The van der Waals surface area contributed by atoms with Gasteiger partial charge >= 0.3 is 5.97 Å². The fourth-order valence-electron chi connectivity index (χ4n) is 2.48. The summed E-state index contributed by atoms with van der Waals surface area (Å²) in [5.41, 5.74) is 1.36. The second-order valence-corrected chi connectivity index (χ2v) is 6.27. The first-order valence-electron chi connectivity index (χ1n) is 8.75. The zero-order chi connectivity index (χ0) is 20.5. The topological polar surface area (TPSA) is 141 Å². The van der Waals surface area contributed by atoms with Gasteiger partial charge in [0.1, 0.15) is 23.8 Å². The average molecular weight is 386 g/mol. The molecule has 0 aliphatic rings. The SMILES string of the molecule is C[C@H](NC(=O)c1cnc(CCc2ccccc2)[nH]1)C(=O)NC(C=O)CC(=O)O. The Bertz CT molecular complexity index is 834. The maximum absolute atomic E-state index is 12.3. The van der Waals surface area contributed by atoms with Crippen molar-refractivity contribution in [2.75, 3.05) is 0 Å². The molecule has 28 heavy (non-hydrogen) atoms. The summed E-state index contributed by atoms with van der Waals surface area (Å²) >= 11 is 0. The fraction of sp³-hybridized carbons (Fsp3) is 0.316. The number of aromatic nitrogens is 2. The van der Waals surface area contributed by atoms with Gasteiger partial charge in [-0.1, -0.05) is 30.3 Å². The number of hydrogen-bond donors (Lipinski definition) is 4. The third-order valence-corrected chi connectivity index (χ3v) is 3.99. The van der Waals surface area contributed by atoms with E-state index in [-0.39, 0.29) is 5.69 Å². The number of carboxylic acid groups (broad SMARTS) is 1. The number of aldehydes is 1. The number of aryl methyl sites for hydroxylation is 2. The quantitative estimate of drug-likeness (QED) is 0.438.